The number of nitrogen functional groups attached to an aromatic ring is 2. The van der Waals surface area contributed by atoms with E-state index in [1.807, 2.05) is 61.3 Å². The number of benzene rings is 2. The average Bonchev–Trinajstić information content (AvgIpc) is 1.78. The van der Waals surface area contributed by atoms with Gasteiger partial charge < -0.3 is 118 Å². The first kappa shape index (κ1) is 100. The second-order valence-electron chi connectivity index (χ2n) is 33.1. The van der Waals surface area contributed by atoms with Crippen molar-refractivity contribution in [3.05, 3.63) is 118 Å². The molecule has 5 aliphatic rings. The number of allylic oxidation sites excluding steroid dienone is 5. The summed E-state index contributed by atoms with van der Waals surface area (Å²) < 4.78 is 80.6. The zero-order valence-electron chi connectivity index (χ0n) is 73.9. The Kier molecular flexibility index (Phi) is 41.7. The number of cyclic esters (lactones) is 1. The summed E-state index contributed by atoms with van der Waals surface area (Å²) in [6.07, 6.45) is 9.75. The molecule has 9 rings (SSSR count). The van der Waals surface area contributed by atoms with Gasteiger partial charge in [0, 0.05) is 83.1 Å². The van der Waals surface area contributed by atoms with Gasteiger partial charge in [0.05, 0.1) is 148 Å². The maximum absolute atomic E-state index is 14.8. The van der Waals surface area contributed by atoms with Crippen molar-refractivity contribution in [3.8, 4) is 0 Å². The van der Waals surface area contributed by atoms with E-state index in [2.05, 4.69) is 31.7 Å². The number of nitrogens with one attached hydrogen (secondary N) is 3. The summed E-state index contributed by atoms with van der Waals surface area (Å²) in [6.45, 7) is 18.0. The fourth-order valence-corrected chi connectivity index (χ4v) is 16.3. The van der Waals surface area contributed by atoms with Crippen LogP contribution in [0.2, 0.25) is 0 Å². The molecule has 0 radical (unpaired) electrons. The highest BCUT2D eigenvalue weighted by Crippen LogP contribution is 2.37. The van der Waals surface area contributed by atoms with Gasteiger partial charge in [-0.05, 0) is 149 Å². The van der Waals surface area contributed by atoms with Gasteiger partial charge in [-0.3, -0.25) is 24.6 Å². The number of fused-ring (bicyclic) bond motifs is 5. The maximum Gasteiger partial charge on any atom is 0.407 e. The number of carbonyl (C=O) groups is 6. The molecule has 2 saturated heterocycles. The smallest absolute Gasteiger partial charge is 0.407 e. The van der Waals surface area contributed by atoms with Gasteiger partial charge in [-0.15, -0.1) is 0 Å². The topological polar surface area (TPSA) is 462 Å². The Hall–Kier alpha value is -8.56. The Bertz CT molecular complexity index is 4220. The molecule has 4 aliphatic heterocycles. The molecule has 0 spiro atoms. The molecule has 125 heavy (non-hydrogen) atoms. The van der Waals surface area contributed by atoms with Crippen molar-refractivity contribution in [1.82, 2.24) is 30.1 Å². The molecule has 2 unspecified atom stereocenters. The molecular weight excluding hydrogens is 1620 g/mol. The van der Waals surface area contributed by atoms with Gasteiger partial charge in [-0.1, -0.05) is 82.4 Å². The lowest BCUT2D eigenvalue weighted by atomic mass is 9.81. The second kappa shape index (κ2) is 52.0. The molecule has 3 amide bonds. The number of Topliss-reactive ketones (excluding diaryl/α,β-unsaturated/α-hetero) is 2. The number of hydrogen-bond donors (Lipinski definition) is 9. The molecule has 6 heterocycles. The summed E-state index contributed by atoms with van der Waals surface area (Å²) in [5.41, 5.74) is 18.4. The highest BCUT2D eigenvalue weighted by molar-refractivity contribution is 6.17. The molecule has 1 saturated carbocycles. The summed E-state index contributed by atoms with van der Waals surface area (Å²) in [7, 11) is 3.10. The Morgan fingerprint density at radius 1 is 0.680 bits per heavy atom. The molecule has 2 aromatic carbocycles. The molecule has 3 fully saturated rings. The monoisotopic (exact) mass is 1750 g/mol. The van der Waals surface area contributed by atoms with Crippen molar-refractivity contribution >= 4 is 69.9 Å². The summed E-state index contributed by atoms with van der Waals surface area (Å²) in [5, 5.41) is 61.7. The van der Waals surface area contributed by atoms with E-state index in [1.165, 1.54) is 16.8 Å². The van der Waals surface area contributed by atoms with Crippen LogP contribution in [0.15, 0.2) is 94.7 Å². The minimum Gasteiger partial charge on any atom is -0.461 e. The lowest BCUT2D eigenvalue weighted by Crippen LogP contribution is -2.62. The number of rotatable bonds is 38. The van der Waals surface area contributed by atoms with Crippen LogP contribution in [0, 0.1) is 35.0 Å². The number of amides is 3. The highest BCUT2D eigenvalue weighted by atomic mass is 16.6. The minimum atomic E-state index is -2.90. The summed E-state index contributed by atoms with van der Waals surface area (Å²) >= 11 is 0. The van der Waals surface area contributed by atoms with Gasteiger partial charge in [0.15, 0.2) is 11.4 Å². The number of ketones is 2. The number of nitrogens with zero attached hydrogens (tertiary/aromatic N) is 5. The molecule has 34 nitrogen and oxygen atoms in total. The van der Waals surface area contributed by atoms with E-state index in [4.69, 9.17) is 82.9 Å². The number of nitrogens with two attached hydrogens (primary N) is 2. The molecule has 34 heteroatoms. The third-order valence-electron chi connectivity index (χ3n) is 23.6. The molecule has 692 valence electrons. The van der Waals surface area contributed by atoms with Crippen molar-refractivity contribution in [2.75, 3.05) is 156 Å². The molecule has 15 atom stereocenters. The van der Waals surface area contributed by atoms with Crippen molar-refractivity contribution in [2.45, 2.75) is 212 Å². The zero-order chi connectivity index (χ0) is 89.8. The van der Waals surface area contributed by atoms with Crippen LogP contribution in [0.1, 0.15) is 159 Å². The van der Waals surface area contributed by atoms with Crippen LogP contribution in [-0.2, 0) is 105 Å². The van der Waals surface area contributed by atoms with Crippen molar-refractivity contribution in [1.29, 1.82) is 5.41 Å². The van der Waals surface area contributed by atoms with E-state index in [-0.39, 0.29) is 92.7 Å². The van der Waals surface area contributed by atoms with Gasteiger partial charge in [-0.2, -0.15) is 4.98 Å². The molecule has 2 aromatic heterocycles. The quantitative estimate of drug-likeness (QED) is 0.00673. The van der Waals surface area contributed by atoms with Crippen molar-refractivity contribution in [3.63, 3.8) is 0 Å². The predicted octanol–water partition coefficient (Wildman–Crippen LogP) is 8.04. The second-order valence-corrected chi connectivity index (χ2v) is 33.1. The number of aliphatic hydroxyl groups excluding tert-OH is 3. The number of oxazole rings is 1. The Morgan fingerprint density at radius 2 is 1.35 bits per heavy atom. The van der Waals surface area contributed by atoms with Gasteiger partial charge in [0.2, 0.25) is 11.7 Å². The van der Waals surface area contributed by atoms with E-state index in [1.54, 1.807) is 66.2 Å². The number of hydrogen-bond acceptors (Lipinski definition) is 31. The molecule has 2 bridgehead atoms. The zero-order valence-corrected chi connectivity index (χ0v) is 73.9. The molecule has 4 aromatic rings. The number of aromatic nitrogens is 3. The molecule has 1 aliphatic carbocycles. The van der Waals surface area contributed by atoms with Crippen LogP contribution >= 0.6 is 0 Å². The van der Waals surface area contributed by atoms with E-state index < -0.39 is 108 Å². The van der Waals surface area contributed by atoms with Crippen LogP contribution in [-0.4, -0.2) is 287 Å². The van der Waals surface area contributed by atoms with E-state index in [0.717, 1.165) is 23.1 Å². The lowest BCUT2D eigenvalue weighted by molar-refractivity contribution is -0.231. The van der Waals surface area contributed by atoms with E-state index in [0.29, 0.717) is 205 Å². The number of esters is 1. The summed E-state index contributed by atoms with van der Waals surface area (Å²) in [6, 6.07) is 10.2. The Labute approximate surface area is 733 Å². The van der Waals surface area contributed by atoms with Gasteiger partial charge in [-0.25, -0.2) is 19.6 Å². The fourth-order valence-electron chi connectivity index (χ4n) is 16.3. The van der Waals surface area contributed by atoms with Crippen LogP contribution in [0.25, 0.3) is 11.1 Å². The third-order valence-corrected chi connectivity index (χ3v) is 23.6. The van der Waals surface area contributed by atoms with Crippen LogP contribution in [0.4, 0.5) is 22.4 Å². The van der Waals surface area contributed by atoms with E-state index in [9.17, 15) is 49.2 Å². The Morgan fingerprint density at radius 3 is 2.02 bits per heavy atom. The summed E-state index contributed by atoms with van der Waals surface area (Å²) in [5.74, 6) is -7.48. The van der Waals surface area contributed by atoms with Gasteiger partial charge in [0.25, 0.3) is 11.9 Å². The van der Waals surface area contributed by atoms with Crippen LogP contribution in [0.5, 0.6) is 0 Å². The number of alkyl carbamates (subject to hydrolysis) is 1. The number of carbonyl (C=O) groups excluding carboxylic acids is 6. The Balaban J connectivity index is 0.587. The minimum absolute atomic E-state index is 0.00994. The third kappa shape index (κ3) is 31.1. The number of piperidine rings is 1. The van der Waals surface area contributed by atoms with Crippen molar-refractivity contribution in [2.24, 2.45) is 29.6 Å². The normalized spacial score (nSPS) is 27.0. The SMILES string of the molecule is CO[C@H]1CC2CC[C@@H](C)C(=O)C(O)(O2)C(=O)N2CCCC[C@H]2C(=O)O[C@H](CC[C@@H]2CC[C@@H](OC(=O)NCCOCCOCCOCCOCCOCCOCCOCCOCCC(=O)N3CCc4cc(CNc5ncnc(N)c5C(=N)c5ccc6oc(N)nc6c5)ccc4C3)[C@H](OC)C2)C[C@@H](O)[C@H](C)/C=C(\C)[C@@H](O)[C@@H](O)C(=O)[C@H](C)C[C@H](C)/C=C/C=C/C=C1C. The first-order valence-corrected chi connectivity index (χ1v) is 44.1. The van der Waals surface area contributed by atoms with Crippen LogP contribution < -0.4 is 22.1 Å². The van der Waals surface area contributed by atoms with Gasteiger partial charge in [0.1, 0.15) is 53.9 Å². The van der Waals surface area contributed by atoms with Crippen molar-refractivity contribution < 1.29 is 115 Å². The standard InChI is InChI=1S/C91H134N10O24/c1-58-14-10-9-11-15-59(2)76(112-7)54-70-23-17-60(3)84(107)91(111,125-70)88(109)101-30-13-12-16-72(101)87(108)122-69(53-73(102)61(4)49-63(6)82(105)83(106)81(104)62(5)48-58)24-19-64-20-25-75(77(51-64)113-8)124-90(110)95-29-33-115-35-37-117-39-41-119-43-45-121-47-46-120-44-42-118-40-38-116-36-34-114-32-28-78(103)100-31-27-66-50-65(18-21-68(66)56-100)55-96-86-79(85(93)97-57-98-86)80(92)67-22-26-74-71(52-67)99-89(94)123-74/h9-11,14-15,18,21-22,26,49-50,52,57-58,60-62,64,69-70,72-73,75-77,82-83,92,102,105-106,111H,12-13,16-17,19-20,23-25,27-48,51,53-56H2,1-8H3,(H2,94,99)(H,95,110)(H3,93,96,97,98)/b11-9+,14-10+,59-15?,63-49+,92-80?/t58-,60-,61-,62-,64-,69-,70?,72+,73-,75-,76+,77-,82-,83+,91?/m1/s1. The number of ether oxygens (including phenoxy) is 13. The average molecular weight is 1750 g/mol. The number of methoxy groups -OCH3 is 2. The molecular formula is C91H134N10O24. The van der Waals surface area contributed by atoms with E-state index >= 15 is 0 Å². The largest absolute Gasteiger partial charge is 0.461 e. The van der Waals surface area contributed by atoms with Gasteiger partial charge >= 0.3 is 17.8 Å². The fraction of sp³-hybridized carbons (Fsp3) is 0.648. The number of anilines is 3. The highest BCUT2D eigenvalue weighted by Gasteiger charge is 2.55. The number of aliphatic hydroxyl groups is 4. The lowest BCUT2D eigenvalue weighted by Gasteiger charge is -2.40. The summed E-state index contributed by atoms with van der Waals surface area (Å²) in [4.78, 5) is 99.2. The predicted molar refractivity (Wildman–Crippen MR) is 464 cm³/mol. The first-order chi connectivity index (χ1) is 60.2. The first-order valence-electron chi connectivity index (χ1n) is 44.1. The molecule has 11 N–H and O–H groups in total. The van der Waals surface area contributed by atoms with Crippen LogP contribution in [0.3, 0.4) is 0 Å². The maximum atomic E-state index is 14.8.